The number of nitrogens with one attached hydrogen (secondary N) is 1. The predicted octanol–water partition coefficient (Wildman–Crippen LogP) is 1.35. The molecule has 4 heteroatoms. The quantitative estimate of drug-likeness (QED) is 0.753. The first kappa shape index (κ1) is 15.4. The van der Waals surface area contributed by atoms with Crippen molar-refractivity contribution in [2.24, 2.45) is 11.7 Å². The molecule has 1 saturated heterocycles. The fourth-order valence-electron chi connectivity index (χ4n) is 2.88. The molecule has 0 spiro atoms. The molecule has 0 aromatic rings. The van der Waals surface area contributed by atoms with Gasteiger partial charge in [-0.05, 0) is 52.6 Å². The first-order chi connectivity index (χ1) is 8.42. The number of nitrogens with zero attached hydrogens (tertiary/aromatic N) is 1. The molecule has 18 heavy (non-hydrogen) atoms. The Morgan fingerprint density at radius 2 is 2.28 bits per heavy atom. The Kier molecular flexibility index (Phi) is 5.60. The number of primary amides is 1. The number of likely N-dealkylation sites (tertiary alicyclic amines) is 1. The van der Waals surface area contributed by atoms with Crippen LogP contribution in [0.5, 0.6) is 0 Å². The molecular formula is C14H29N3O. The normalized spacial score (nSPS) is 26.6. The van der Waals surface area contributed by atoms with E-state index in [1.165, 1.54) is 19.3 Å². The molecule has 1 rings (SSSR count). The highest BCUT2D eigenvalue weighted by molar-refractivity contribution is 5.84. The van der Waals surface area contributed by atoms with Crippen molar-refractivity contribution in [2.75, 3.05) is 20.1 Å². The van der Waals surface area contributed by atoms with E-state index in [9.17, 15) is 4.79 Å². The van der Waals surface area contributed by atoms with Crippen LogP contribution in [0.1, 0.15) is 46.5 Å². The molecule has 0 radical (unpaired) electrons. The van der Waals surface area contributed by atoms with Gasteiger partial charge in [0, 0.05) is 12.6 Å². The molecule has 1 fully saturated rings. The van der Waals surface area contributed by atoms with E-state index in [4.69, 9.17) is 5.73 Å². The van der Waals surface area contributed by atoms with Gasteiger partial charge in [-0.25, -0.2) is 0 Å². The van der Waals surface area contributed by atoms with E-state index in [0.29, 0.717) is 6.04 Å². The largest absolute Gasteiger partial charge is 0.368 e. The molecule has 3 atom stereocenters. The zero-order valence-electron chi connectivity index (χ0n) is 12.3. The fraction of sp³-hybridized carbons (Fsp3) is 0.929. The van der Waals surface area contributed by atoms with E-state index in [-0.39, 0.29) is 5.91 Å². The van der Waals surface area contributed by atoms with Crippen LogP contribution in [0.2, 0.25) is 0 Å². The van der Waals surface area contributed by atoms with Crippen molar-refractivity contribution < 1.29 is 4.79 Å². The zero-order chi connectivity index (χ0) is 13.8. The number of piperidine rings is 1. The third kappa shape index (κ3) is 3.69. The summed E-state index contributed by atoms with van der Waals surface area (Å²) < 4.78 is 0. The van der Waals surface area contributed by atoms with Crippen LogP contribution in [-0.2, 0) is 4.79 Å². The van der Waals surface area contributed by atoms with Crippen molar-refractivity contribution in [3.8, 4) is 0 Å². The van der Waals surface area contributed by atoms with Gasteiger partial charge in [-0.1, -0.05) is 13.3 Å². The predicted molar refractivity (Wildman–Crippen MR) is 75.3 cm³/mol. The van der Waals surface area contributed by atoms with Crippen molar-refractivity contribution in [2.45, 2.75) is 58.0 Å². The molecule has 3 unspecified atom stereocenters. The maximum Gasteiger partial charge on any atom is 0.237 e. The highest BCUT2D eigenvalue weighted by Crippen LogP contribution is 2.24. The standard InChI is InChI=1S/C14H29N3O/c1-5-12-7-6-8-17(10-12)11(2)9-14(3,16-4)13(15)18/h11-12,16H,5-10H2,1-4H3,(H2,15,18). The van der Waals surface area contributed by atoms with Gasteiger partial charge in [0.2, 0.25) is 5.91 Å². The molecule has 4 nitrogen and oxygen atoms in total. The molecule has 0 saturated carbocycles. The third-order valence-corrected chi connectivity index (χ3v) is 4.55. The summed E-state index contributed by atoms with van der Waals surface area (Å²) in [6.45, 7) is 8.68. The number of carbonyl (C=O) groups is 1. The SMILES string of the molecule is CCC1CCCN(C(C)CC(C)(NC)C(N)=O)C1. The first-order valence-corrected chi connectivity index (χ1v) is 7.15. The highest BCUT2D eigenvalue weighted by atomic mass is 16.1. The van der Waals surface area contributed by atoms with Crippen molar-refractivity contribution in [1.29, 1.82) is 0 Å². The summed E-state index contributed by atoms with van der Waals surface area (Å²) in [6.07, 6.45) is 4.64. The summed E-state index contributed by atoms with van der Waals surface area (Å²) in [6, 6.07) is 0.393. The summed E-state index contributed by atoms with van der Waals surface area (Å²) >= 11 is 0. The van der Waals surface area contributed by atoms with Gasteiger partial charge in [0.1, 0.15) is 0 Å². The Balaban J connectivity index is 2.58. The van der Waals surface area contributed by atoms with Crippen molar-refractivity contribution in [3.63, 3.8) is 0 Å². The maximum atomic E-state index is 11.5. The second-order valence-corrected chi connectivity index (χ2v) is 5.91. The van der Waals surface area contributed by atoms with Crippen LogP contribution in [0.3, 0.4) is 0 Å². The van der Waals surface area contributed by atoms with Gasteiger partial charge in [0.05, 0.1) is 5.54 Å². The summed E-state index contributed by atoms with van der Waals surface area (Å²) in [4.78, 5) is 14.0. The van der Waals surface area contributed by atoms with Gasteiger partial charge in [-0.3, -0.25) is 4.79 Å². The van der Waals surface area contributed by atoms with Crippen LogP contribution in [-0.4, -0.2) is 42.5 Å². The van der Waals surface area contributed by atoms with Crippen LogP contribution in [0.15, 0.2) is 0 Å². The Labute approximate surface area is 111 Å². The summed E-state index contributed by atoms with van der Waals surface area (Å²) in [7, 11) is 1.81. The lowest BCUT2D eigenvalue weighted by molar-refractivity contribution is -0.124. The molecule has 1 aliphatic rings. The van der Waals surface area contributed by atoms with Gasteiger partial charge < -0.3 is 16.0 Å². The van der Waals surface area contributed by atoms with E-state index in [0.717, 1.165) is 25.4 Å². The lowest BCUT2D eigenvalue weighted by Crippen LogP contribution is -2.55. The highest BCUT2D eigenvalue weighted by Gasteiger charge is 2.33. The minimum atomic E-state index is -0.599. The average Bonchev–Trinajstić information content (AvgIpc) is 2.38. The van der Waals surface area contributed by atoms with Crippen molar-refractivity contribution >= 4 is 5.91 Å². The Bertz CT molecular complexity index is 282. The van der Waals surface area contributed by atoms with Crippen LogP contribution in [0.4, 0.5) is 0 Å². The zero-order valence-corrected chi connectivity index (χ0v) is 12.3. The monoisotopic (exact) mass is 255 g/mol. The molecular weight excluding hydrogens is 226 g/mol. The summed E-state index contributed by atoms with van der Waals surface area (Å²) in [5.74, 6) is 0.552. The second kappa shape index (κ2) is 6.53. The molecule has 3 N–H and O–H groups in total. The Morgan fingerprint density at radius 3 is 2.78 bits per heavy atom. The Hall–Kier alpha value is -0.610. The maximum absolute atomic E-state index is 11.5. The van der Waals surface area contributed by atoms with E-state index >= 15 is 0 Å². The third-order valence-electron chi connectivity index (χ3n) is 4.55. The minimum Gasteiger partial charge on any atom is -0.368 e. The van der Waals surface area contributed by atoms with Crippen LogP contribution >= 0.6 is 0 Å². The fourth-order valence-corrected chi connectivity index (χ4v) is 2.88. The summed E-state index contributed by atoms with van der Waals surface area (Å²) in [5, 5.41) is 3.07. The van der Waals surface area contributed by atoms with Crippen molar-refractivity contribution in [3.05, 3.63) is 0 Å². The molecule has 0 aliphatic carbocycles. The number of amides is 1. The molecule has 106 valence electrons. The molecule has 1 aliphatic heterocycles. The number of hydrogen-bond acceptors (Lipinski definition) is 3. The van der Waals surface area contributed by atoms with Gasteiger partial charge in [0.15, 0.2) is 0 Å². The number of rotatable bonds is 6. The average molecular weight is 255 g/mol. The second-order valence-electron chi connectivity index (χ2n) is 5.91. The first-order valence-electron chi connectivity index (χ1n) is 7.15. The van der Waals surface area contributed by atoms with Gasteiger partial charge in [0.25, 0.3) is 0 Å². The lowest BCUT2D eigenvalue weighted by atomic mass is 9.89. The lowest BCUT2D eigenvalue weighted by Gasteiger charge is -2.39. The van der Waals surface area contributed by atoms with Crippen molar-refractivity contribution in [1.82, 2.24) is 10.2 Å². The van der Waals surface area contributed by atoms with E-state index in [2.05, 4.69) is 24.1 Å². The molecule has 0 aromatic carbocycles. The molecule has 0 bridgehead atoms. The molecule has 1 heterocycles. The van der Waals surface area contributed by atoms with Gasteiger partial charge >= 0.3 is 0 Å². The van der Waals surface area contributed by atoms with Crippen LogP contribution in [0.25, 0.3) is 0 Å². The number of hydrogen-bond donors (Lipinski definition) is 2. The van der Waals surface area contributed by atoms with Gasteiger partial charge in [-0.15, -0.1) is 0 Å². The van der Waals surface area contributed by atoms with Gasteiger partial charge in [-0.2, -0.15) is 0 Å². The molecule has 1 amide bonds. The van der Waals surface area contributed by atoms with E-state index in [1.807, 2.05) is 14.0 Å². The number of carbonyl (C=O) groups excluding carboxylic acids is 1. The topological polar surface area (TPSA) is 58.4 Å². The van der Waals surface area contributed by atoms with Crippen LogP contribution < -0.4 is 11.1 Å². The van der Waals surface area contributed by atoms with Crippen LogP contribution in [0, 0.1) is 5.92 Å². The number of nitrogens with two attached hydrogens (primary N) is 1. The summed E-state index contributed by atoms with van der Waals surface area (Å²) in [5.41, 5.74) is 4.89. The smallest absolute Gasteiger partial charge is 0.237 e. The minimum absolute atomic E-state index is 0.263. The Morgan fingerprint density at radius 1 is 1.61 bits per heavy atom. The number of likely N-dealkylation sites (N-methyl/N-ethyl adjacent to an activating group) is 1. The van der Waals surface area contributed by atoms with E-state index < -0.39 is 5.54 Å². The van der Waals surface area contributed by atoms with E-state index in [1.54, 1.807) is 0 Å². The molecule has 0 aromatic heterocycles.